The molecule has 0 atom stereocenters. The van der Waals surface area contributed by atoms with Crippen LogP contribution in [0.1, 0.15) is 0 Å². The number of hydrogen-bond acceptors (Lipinski definition) is 5. The molecule has 1 N–H and O–H groups in total. The first kappa shape index (κ1) is 9.68. The predicted octanol–water partition coefficient (Wildman–Crippen LogP) is 3.63. The number of rotatable bonds is 2. The van der Waals surface area contributed by atoms with Crippen LogP contribution in [-0.2, 0) is 0 Å². The highest BCUT2D eigenvalue weighted by Crippen LogP contribution is 2.28. The van der Waals surface area contributed by atoms with Crippen molar-refractivity contribution in [3.63, 3.8) is 0 Å². The van der Waals surface area contributed by atoms with E-state index < -0.39 is 0 Å². The molecule has 0 saturated carbocycles. The summed E-state index contributed by atoms with van der Waals surface area (Å²) in [6.45, 7) is 0. The van der Waals surface area contributed by atoms with Gasteiger partial charge in [0.1, 0.15) is 16.8 Å². The lowest BCUT2D eigenvalue weighted by Crippen LogP contribution is -1.71. The van der Waals surface area contributed by atoms with E-state index >= 15 is 0 Å². The SMILES string of the molecule is S=c1[nH]c(Sc2nc3ccccc3o2)co1. The van der Waals surface area contributed by atoms with Gasteiger partial charge in [0, 0.05) is 0 Å². The lowest BCUT2D eigenvalue weighted by atomic mass is 10.3. The quantitative estimate of drug-likeness (QED) is 0.704. The fraction of sp³-hybridized carbons (Fsp3) is 0. The topological polar surface area (TPSA) is 55.0 Å². The van der Waals surface area contributed by atoms with Crippen LogP contribution in [0.25, 0.3) is 11.1 Å². The number of fused-ring (bicyclic) bond motifs is 1. The number of nitrogens with zero attached hydrogens (tertiary/aromatic N) is 1. The molecule has 0 aliphatic carbocycles. The van der Waals surface area contributed by atoms with Gasteiger partial charge in [0.05, 0.1) is 0 Å². The van der Waals surface area contributed by atoms with Crippen molar-refractivity contribution in [3.05, 3.63) is 35.4 Å². The lowest BCUT2D eigenvalue weighted by molar-refractivity contribution is 0.489. The van der Waals surface area contributed by atoms with Gasteiger partial charge in [-0.05, 0) is 36.1 Å². The summed E-state index contributed by atoms with van der Waals surface area (Å²) in [4.78, 5) is 7.54. The smallest absolute Gasteiger partial charge is 0.266 e. The first-order chi connectivity index (χ1) is 7.81. The molecule has 4 nitrogen and oxygen atoms in total. The molecule has 0 spiro atoms. The third-order valence-corrected chi connectivity index (χ3v) is 2.94. The molecule has 16 heavy (non-hydrogen) atoms. The Bertz CT molecular complexity index is 650. The zero-order valence-corrected chi connectivity index (χ0v) is 9.60. The van der Waals surface area contributed by atoms with E-state index in [1.807, 2.05) is 24.3 Å². The maximum atomic E-state index is 5.54. The minimum Gasteiger partial charge on any atom is -0.437 e. The fourth-order valence-electron chi connectivity index (χ4n) is 1.30. The van der Waals surface area contributed by atoms with Gasteiger partial charge in [-0.1, -0.05) is 12.1 Å². The minimum atomic E-state index is 0.346. The van der Waals surface area contributed by atoms with Crippen LogP contribution in [-0.4, -0.2) is 9.97 Å². The number of aromatic amines is 1. The summed E-state index contributed by atoms with van der Waals surface area (Å²) in [7, 11) is 0. The van der Waals surface area contributed by atoms with Gasteiger partial charge in [-0.2, -0.15) is 0 Å². The largest absolute Gasteiger partial charge is 0.437 e. The van der Waals surface area contributed by atoms with Crippen molar-refractivity contribution in [2.45, 2.75) is 10.2 Å². The molecule has 0 fully saturated rings. The summed E-state index contributed by atoms with van der Waals surface area (Å²) in [6.07, 6.45) is 1.54. The highest BCUT2D eigenvalue weighted by Gasteiger charge is 2.08. The Morgan fingerprint density at radius 3 is 2.94 bits per heavy atom. The van der Waals surface area contributed by atoms with Gasteiger partial charge in [-0.15, -0.1) is 0 Å². The molecular weight excluding hydrogens is 244 g/mol. The van der Waals surface area contributed by atoms with E-state index in [1.165, 1.54) is 11.8 Å². The fourth-order valence-corrected chi connectivity index (χ4v) is 2.23. The third-order valence-electron chi connectivity index (χ3n) is 1.97. The maximum absolute atomic E-state index is 5.54. The second-order valence-corrected chi connectivity index (χ2v) is 4.43. The van der Waals surface area contributed by atoms with Crippen molar-refractivity contribution in [2.24, 2.45) is 0 Å². The standard InChI is InChI=1S/C10H6N2O2S2/c15-9-12-8(5-13-9)16-10-11-6-3-1-2-4-7(6)14-10/h1-5H,(H,12,15). The predicted molar refractivity (Wildman–Crippen MR) is 62.0 cm³/mol. The molecule has 0 aliphatic heterocycles. The Morgan fingerprint density at radius 2 is 2.19 bits per heavy atom. The van der Waals surface area contributed by atoms with Crippen molar-refractivity contribution in [2.75, 3.05) is 0 Å². The zero-order valence-electron chi connectivity index (χ0n) is 7.97. The van der Waals surface area contributed by atoms with E-state index in [-0.39, 0.29) is 0 Å². The molecule has 0 aliphatic rings. The Balaban J connectivity index is 1.97. The minimum absolute atomic E-state index is 0.346. The molecule has 0 saturated heterocycles. The molecule has 1 aromatic carbocycles. The Hall–Kier alpha value is -1.53. The Kier molecular flexibility index (Phi) is 2.30. The Morgan fingerprint density at radius 1 is 1.31 bits per heavy atom. The van der Waals surface area contributed by atoms with Crippen LogP contribution in [0.3, 0.4) is 0 Å². The summed E-state index contributed by atoms with van der Waals surface area (Å²) in [5.74, 6) is 0. The van der Waals surface area contributed by atoms with Crippen LogP contribution in [0.4, 0.5) is 0 Å². The number of para-hydroxylation sites is 2. The van der Waals surface area contributed by atoms with Crippen molar-refractivity contribution < 1.29 is 8.83 Å². The molecule has 80 valence electrons. The summed E-state index contributed by atoms with van der Waals surface area (Å²) in [5, 5.41) is 1.34. The Labute approximate surface area is 99.7 Å². The highest BCUT2D eigenvalue weighted by atomic mass is 32.2. The molecule has 0 unspecified atom stereocenters. The summed E-state index contributed by atoms with van der Waals surface area (Å²) >= 11 is 6.17. The monoisotopic (exact) mass is 250 g/mol. The molecule has 0 amide bonds. The average Bonchev–Trinajstić information content (AvgIpc) is 2.84. The van der Waals surface area contributed by atoms with E-state index in [9.17, 15) is 0 Å². The molecule has 2 aromatic heterocycles. The number of aromatic nitrogens is 2. The second-order valence-electron chi connectivity index (χ2n) is 3.06. The molecule has 0 bridgehead atoms. The van der Waals surface area contributed by atoms with E-state index in [0.29, 0.717) is 10.1 Å². The van der Waals surface area contributed by atoms with Gasteiger partial charge in [-0.25, -0.2) is 4.98 Å². The van der Waals surface area contributed by atoms with Gasteiger partial charge in [-0.3, -0.25) is 0 Å². The van der Waals surface area contributed by atoms with Gasteiger partial charge in [0.2, 0.25) is 0 Å². The molecule has 2 heterocycles. The van der Waals surface area contributed by atoms with Crippen molar-refractivity contribution in [3.8, 4) is 0 Å². The van der Waals surface area contributed by atoms with Crippen molar-refractivity contribution in [1.82, 2.24) is 9.97 Å². The van der Waals surface area contributed by atoms with Crippen molar-refractivity contribution in [1.29, 1.82) is 0 Å². The van der Waals surface area contributed by atoms with Gasteiger partial charge in [0.25, 0.3) is 10.1 Å². The molecular formula is C10H6N2O2S2. The molecule has 3 aromatic rings. The molecule has 6 heteroatoms. The number of nitrogens with one attached hydrogen (secondary N) is 1. The molecule has 0 radical (unpaired) electrons. The average molecular weight is 250 g/mol. The van der Waals surface area contributed by atoms with Crippen LogP contribution in [0.15, 0.2) is 49.6 Å². The summed E-state index contributed by atoms with van der Waals surface area (Å²) in [5.41, 5.74) is 1.61. The number of benzene rings is 1. The maximum Gasteiger partial charge on any atom is 0.266 e. The second kappa shape index (κ2) is 3.80. The van der Waals surface area contributed by atoms with E-state index in [1.54, 1.807) is 6.26 Å². The normalized spacial score (nSPS) is 11.0. The van der Waals surface area contributed by atoms with Crippen molar-refractivity contribution >= 4 is 35.1 Å². The summed E-state index contributed by atoms with van der Waals surface area (Å²) in [6, 6.07) is 7.61. The van der Waals surface area contributed by atoms with E-state index in [4.69, 9.17) is 21.1 Å². The van der Waals surface area contributed by atoms with Gasteiger partial charge in [0.15, 0.2) is 5.58 Å². The highest BCUT2D eigenvalue weighted by molar-refractivity contribution is 7.99. The van der Waals surface area contributed by atoms with Crippen LogP contribution >= 0.6 is 24.0 Å². The van der Waals surface area contributed by atoms with Gasteiger partial charge < -0.3 is 13.8 Å². The first-order valence-electron chi connectivity index (χ1n) is 4.52. The van der Waals surface area contributed by atoms with E-state index in [0.717, 1.165) is 16.1 Å². The summed E-state index contributed by atoms with van der Waals surface area (Å²) < 4.78 is 10.5. The number of H-pyrrole nitrogens is 1. The zero-order chi connectivity index (χ0) is 11.0. The number of hydrogen-bond donors (Lipinski definition) is 1. The van der Waals surface area contributed by atoms with Crippen LogP contribution < -0.4 is 0 Å². The van der Waals surface area contributed by atoms with Gasteiger partial charge >= 0.3 is 0 Å². The first-order valence-corrected chi connectivity index (χ1v) is 5.75. The molecule has 3 rings (SSSR count). The number of oxazole rings is 2. The third kappa shape index (κ3) is 1.77. The van der Waals surface area contributed by atoms with Crippen LogP contribution in [0.5, 0.6) is 0 Å². The lowest BCUT2D eigenvalue weighted by Gasteiger charge is -1.87. The van der Waals surface area contributed by atoms with E-state index in [2.05, 4.69) is 9.97 Å². The van der Waals surface area contributed by atoms with Crippen LogP contribution in [0, 0.1) is 4.84 Å². The van der Waals surface area contributed by atoms with Crippen LogP contribution in [0.2, 0.25) is 0 Å².